The van der Waals surface area contributed by atoms with Crippen LogP contribution in [0.3, 0.4) is 0 Å². The van der Waals surface area contributed by atoms with Gasteiger partial charge in [0.1, 0.15) is 0 Å². The van der Waals surface area contributed by atoms with Crippen LogP contribution in [0.5, 0.6) is 0 Å². The number of amides is 1. The zero-order valence-electron chi connectivity index (χ0n) is 12.8. The third kappa shape index (κ3) is 3.08. The number of hydrogen-bond donors (Lipinski definition) is 0. The molecule has 0 aromatic heterocycles. The summed E-state index contributed by atoms with van der Waals surface area (Å²) in [5.74, 6) is -0.0735. The SMILES string of the molecule is CN(C1CC(C(F)F)C1)C1CCCC(=O)N2CCC[C@@H]2C1. The van der Waals surface area contributed by atoms with E-state index in [1.165, 1.54) is 0 Å². The van der Waals surface area contributed by atoms with Gasteiger partial charge in [-0.3, -0.25) is 4.79 Å². The first-order chi connectivity index (χ1) is 10.1. The number of rotatable bonds is 3. The zero-order valence-corrected chi connectivity index (χ0v) is 12.8. The molecule has 3 aliphatic rings. The van der Waals surface area contributed by atoms with Gasteiger partial charge in [0.25, 0.3) is 0 Å². The molecule has 1 saturated carbocycles. The predicted octanol–water partition coefficient (Wildman–Crippen LogP) is 2.90. The van der Waals surface area contributed by atoms with Crippen LogP contribution < -0.4 is 0 Å². The number of carbonyl (C=O) groups excluding carboxylic acids is 1. The third-order valence-electron chi connectivity index (χ3n) is 5.83. The fourth-order valence-corrected chi connectivity index (χ4v) is 4.31. The van der Waals surface area contributed by atoms with Crippen LogP contribution in [-0.2, 0) is 4.79 Å². The van der Waals surface area contributed by atoms with Crippen LogP contribution in [0, 0.1) is 5.92 Å². The van der Waals surface area contributed by atoms with Gasteiger partial charge in [-0.2, -0.15) is 0 Å². The summed E-state index contributed by atoms with van der Waals surface area (Å²) in [7, 11) is 2.10. The number of hydrogen-bond acceptors (Lipinski definition) is 2. The Morgan fingerprint density at radius 3 is 2.62 bits per heavy atom. The lowest BCUT2D eigenvalue weighted by atomic mass is 9.78. The highest BCUT2D eigenvalue weighted by Gasteiger charge is 2.41. The highest BCUT2D eigenvalue weighted by Crippen LogP contribution is 2.38. The molecule has 2 heterocycles. The van der Waals surface area contributed by atoms with Crippen LogP contribution >= 0.6 is 0 Å². The summed E-state index contributed by atoms with van der Waals surface area (Å²) in [5.41, 5.74) is 0. The molecule has 120 valence electrons. The van der Waals surface area contributed by atoms with Crippen molar-refractivity contribution in [2.45, 2.75) is 75.9 Å². The van der Waals surface area contributed by atoms with Gasteiger partial charge < -0.3 is 9.80 Å². The second-order valence-electron chi connectivity index (χ2n) is 7.05. The Bertz CT molecular complexity index is 384. The molecule has 0 aromatic rings. The molecule has 0 spiro atoms. The molecular formula is C16H26F2N2O. The van der Waals surface area contributed by atoms with Crippen LogP contribution in [0.1, 0.15) is 51.4 Å². The summed E-state index contributed by atoms with van der Waals surface area (Å²) in [5, 5.41) is 0. The highest BCUT2D eigenvalue weighted by molar-refractivity contribution is 5.76. The largest absolute Gasteiger partial charge is 0.340 e. The maximum Gasteiger partial charge on any atom is 0.241 e. The Kier molecular flexibility index (Phi) is 4.48. The van der Waals surface area contributed by atoms with E-state index < -0.39 is 12.3 Å². The Labute approximate surface area is 125 Å². The quantitative estimate of drug-likeness (QED) is 0.800. The Morgan fingerprint density at radius 2 is 1.90 bits per heavy atom. The van der Waals surface area contributed by atoms with E-state index in [2.05, 4.69) is 16.8 Å². The van der Waals surface area contributed by atoms with Crippen LogP contribution in [0.15, 0.2) is 0 Å². The van der Waals surface area contributed by atoms with E-state index >= 15 is 0 Å². The molecule has 2 saturated heterocycles. The van der Waals surface area contributed by atoms with Gasteiger partial charge in [0.15, 0.2) is 0 Å². The maximum atomic E-state index is 12.6. The number of nitrogens with zero attached hydrogens (tertiary/aromatic N) is 2. The van der Waals surface area contributed by atoms with Crippen LogP contribution in [-0.4, -0.2) is 53.9 Å². The first-order valence-electron chi connectivity index (χ1n) is 8.36. The van der Waals surface area contributed by atoms with Crippen LogP contribution in [0.25, 0.3) is 0 Å². The minimum atomic E-state index is -2.16. The molecule has 3 rings (SSSR count). The van der Waals surface area contributed by atoms with Gasteiger partial charge in [0.05, 0.1) is 0 Å². The van der Waals surface area contributed by atoms with Gasteiger partial charge in [-0.15, -0.1) is 0 Å². The summed E-state index contributed by atoms with van der Waals surface area (Å²) < 4.78 is 25.3. The number of fused-ring (bicyclic) bond motifs is 1. The van der Waals surface area contributed by atoms with Crippen LogP contribution in [0.2, 0.25) is 0 Å². The monoisotopic (exact) mass is 300 g/mol. The molecule has 0 radical (unpaired) electrons. The summed E-state index contributed by atoms with van der Waals surface area (Å²) in [4.78, 5) is 16.5. The first-order valence-corrected chi connectivity index (χ1v) is 8.36. The van der Waals surface area contributed by atoms with E-state index in [4.69, 9.17) is 0 Å². The maximum absolute atomic E-state index is 12.6. The average Bonchev–Trinajstić information content (AvgIpc) is 2.80. The normalized spacial score (nSPS) is 37.4. The summed E-state index contributed by atoms with van der Waals surface area (Å²) in [6, 6.07) is 1.16. The van der Waals surface area contributed by atoms with Gasteiger partial charge in [-0.25, -0.2) is 8.78 Å². The molecule has 0 aromatic carbocycles. The molecule has 0 N–H and O–H groups in total. The van der Waals surface area contributed by atoms with Crippen molar-refractivity contribution in [3.63, 3.8) is 0 Å². The fraction of sp³-hybridized carbons (Fsp3) is 0.938. The lowest BCUT2D eigenvalue weighted by Crippen LogP contribution is -2.51. The van der Waals surface area contributed by atoms with Crippen LogP contribution in [0.4, 0.5) is 8.78 Å². The third-order valence-corrected chi connectivity index (χ3v) is 5.83. The minimum Gasteiger partial charge on any atom is -0.340 e. The predicted molar refractivity (Wildman–Crippen MR) is 77.3 cm³/mol. The molecule has 1 unspecified atom stereocenters. The fourth-order valence-electron chi connectivity index (χ4n) is 4.31. The second-order valence-corrected chi connectivity index (χ2v) is 7.05. The van der Waals surface area contributed by atoms with Crippen molar-refractivity contribution in [3.05, 3.63) is 0 Å². The van der Waals surface area contributed by atoms with E-state index in [0.717, 1.165) is 38.6 Å². The second kappa shape index (κ2) is 6.19. The van der Waals surface area contributed by atoms with Gasteiger partial charge >= 0.3 is 0 Å². The molecule has 1 amide bonds. The molecule has 3 fully saturated rings. The minimum absolute atomic E-state index is 0.319. The number of alkyl halides is 2. The van der Waals surface area contributed by atoms with Crippen molar-refractivity contribution in [3.8, 4) is 0 Å². The molecule has 0 bridgehead atoms. The average molecular weight is 300 g/mol. The molecular weight excluding hydrogens is 274 g/mol. The topological polar surface area (TPSA) is 23.6 Å². The van der Waals surface area contributed by atoms with Crippen molar-refractivity contribution >= 4 is 5.91 Å². The van der Waals surface area contributed by atoms with Crippen molar-refractivity contribution in [1.29, 1.82) is 0 Å². The molecule has 1 aliphatic carbocycles. The zero-order chi connectivity index (χ0) is 15.0. The Balaban J connectivity index is 1.58. The van der Waals surface area contributed by atoms with Crippen molar-refractivity contribution in [2.24, 2.45) is 5.92 Å². The Morgan fingerprint density at radius 1 is 1.14 bits per heavy atom. The molecule has 2 atom stereocenters. The van der Waals surface area contributed by atoms with Gasteiger partial charge in [0, 0.05) is 37.0 Å². The van der Waals surface area contributed by atoms with Crippen molar-refractivity contribution < 1.29 is 13.6 Å². The molecule has 21 heavy (non-hydrogen) atoms. The molecule has 5 heteroatoms. The smallest absolute Gasteiger partial charge is 0.241 e. The standard InChI is InChI=1S/C16H26F2N2O/c1-19(14-8-11(9-14)16(17)18)12-4-2-6-15(21)20-7-3-5-13(20)10-12/h11-14,16H,2-10H2,1H3/t11?,12?,13-,14?/m1/s1. The lowest BCUT2D eigenvalue weighted by Gasteiger charge is -2.46. The number of halogens is 2. The summed E-state index contributed by atoms with van der Waals surface area (Å²) >= 11 is 0. The summed E-state index contributed by atoms with van der Waals surface area (Å²) in [6.45, 7) is 0.914. The van der Waals surface area contributed by atoms with Gasteiger partial charge in [0.2, 0.25) is 12.3 Å². The van der Waals surface area contributed by atoms with E-state index in [1.54, 1.807) is 0 Å². The van der Waals surface area contributed by atoms with E-state index in [0.29, 0.717) is 43.3 Å². The lowest BCUT2D eigenvalue weighted by molar-refractivity contribution is -0.133. The highest BCUT2D eigenvalue weighted by atomic mass is 19.3. The summed E-state index contributed by atoms with van der Waals surface area (Å²) in [6.07, 6.45) is 4.99. The Hall–Kier alpha value is -0.710. The van der Waals surface area contributed by atoms with E-state index in [1.807, 2.05) is 0 Å². The van der Waals surface area contributed by atoms with Gasteiger partial charge in [-0.1, -0.05) is 0 Å². The number of carbonyl (C=O) groups is 1. The van der Waals surface area contributed by atoms with E-state index in [-0.39, 0.29) is 0 Å². The van der Waals surface area contributed by atoms with Gasteiger partial charge in [-0.05, 0) is 52.0 Å². The molecule has 2 aliphatic heterocycles. The molecule has 3 nitrogen and oxygen atoms in total. The van der Waals surface area contributed by atoms with E-state index in [9.17, 15) is 13.6 Å². The van der Waals surface area contributed by atoms with Crippen molar-refractivity contribution in [1.82, 2.24) is 9.80 Å². The first kappa shape index (κ1) is 15.2. The van der Waals surface area contributed by atoms with Crippen molar-refractivity contribution in [2.75, 3.05) is 13.6 Å².